The summed E-state index contributed by atoms with van der Waals surface area (Å²) in [5.74, 6) is 0.393. The molecule has 1 fully saturated rings. The summed E-state index contributed by atoms with van der Waals surface area (Å²) in [6.07, 6.45) is 3.75. The Morgan fingerprint density at radius 2 is 1.82 bits per heavy atom. The van der Waals surface area contributed by atoms with Gasteiger partial charge in [-0.25, -0.2) is 0 Å². The molecule has 1 N–H and O–H groups in total. The molecule has 2 aromatic rings. The van der Waals surface area contributed by atoms with Gasteiger partial charge in [0.1, 0.15) is 0 Å². The van der Waals surface area contributed by atoms with Crippen LogP contribution in [0.25, 0.3) is 0 Å². The normalized spacial score (nSPS) is 24.8. The van der Waals surface area contributed by atoms with E-state index in [1.54, 1.807) is 0 Å². The average Bonchev–Trinajstić information content (AvgIpc) is 2.77. The van der Waals surface area contributed by atoms with Crippen molar-refractivity contribution in [2.75, 3.05) is 0 Å². The summed E-state index contributed by atoms with van der Waals surface area (Å²) in [5.41, 5.74) is 1.48. The van der Waals surface area contributed by atoms with Gasteiger partial charge in [0.2, 0.25) is 5.91 Å². The second-order valence-corrected chi connectivity index (χ2v) is 11.2. The highest BCUT2D eigenvalue weighted by Crippen LogP contribution is 2.52. The van der Waals surface area contributed by atoms with Crippen molar-refractivity contribution in [1.29, 1.82) is 0 Å². The summed E-state index contributed by atoms with van der Waals surface area (Å²) in [6.45, 7) is 12.2. The topological polar surface area (TPSA) is 40.5 Å². The van der Waals surface area contributed by atoms with Gasteiger partial charge in [-0.1, -0.05) is 81.2 Å². The van der Waals surface area contributed by atoms with E-state index in [1.807, 2.05) is 67.3 Å². The van der Waals surface area contributed by atoms with E-state index in [9.17, 15) is 9.90 Å². The molecule has 0 aromatic heterocycles. The van der Waals surface area contributed by atoms with Crippen LogP contribution in [-0.2, 0) is 4.79 Å². The third-order valence-electron chi connectivity index (χ3n) is 7.12. The Hall–Kier alpha value is -1.81. The van der Waals surface area contributed by atoms with Crippen LogP contribution in [0.1, 0.15) is 76.5 Å². The van der Waals surface area contributed by atoms with E-state index < -0.39 is 11.5 Å². The van der Waals surface area contributed by atoms with Crippen molar-refractivity contribution in [3.05, 3.63) is 82.4 Å². The Morgan fingerprint density at radius 3 is 2.38 bits per heavy atom. The summed E-state index contributed by atoms with van der Waals surface area (Å²) in [7, 11) is 0. The van der Waals surface area contributed by atoms with Crippen molar-refractivity contribution in [3.8, 4) is 0 Å². The minimum Gasteiger partial charge on any atom is -0.391 e. The number of hydrogen-bond acceptors (Lipinski definition) is 2. The van der Waals surface area contributed by atoms with E-state index in [-0.39, 0.29) is 23.9 Å². The second kappa shape index (κ2) is 11.3. The average molecular weight is 503 g/mol. The number of amides is 1. The maximum Gasteiger partial charge on any atom is 0.229 e. The molecule has 0 radical (unpaired) electrons. The number of carbonyl (C=O) groups is 1. The van der Waals surface area contributed by atoms with Gasteiger partial charge in [0.25, 0.3) is 0 Å². The van der Waals surface area contributed by atoms with Crippen molar-refractivity contribution >= 4 is 29.1 Å². The van der Waals surface area contributed by atoms with Gasteiger partial charge in [0.15, 0.2) is 0 Å². The van der Waals surface area contributed by atoms with E-state index >= 15 is 0 Å². The molecule has 0 spiro atoms. The summed E-state index contributed by atoms with van der Waals surface area (Å²) >= 11 is 12.6. The molecule has 34 heavy (non-hydrogen) atoms. The van der Waals surface area contributed by atoms with Crippen LogP contribution in [-0.4, -0.2) is 28.1 Å². The maximum atomic E-state index is 14.2. The molecule has 1 aliphatic heterocycles. The van der Waals surface area contributed by atoms with Crippen molar-refractivity contribution in [1.82, 2.24) is 4.90 Å². The third-order valence-corrected chi connectivity index (χ3v) is 7.60. The van der Waals surface area contributed by atoms with Crippen molar-refractivity contribution in [3.63, 3.8) is 0 Å². The van der Waals surface area contributed by atoms with Crippen molar-refractivity contribution in [2.24, 2.45) is 11.3 Å². The number of aliphatic hydroxyl groups is 1. The lowest BCUT2D eigenvalue weighted by molar-refractivity contribution is -0.158. The number of likely N-dealkylation sites (tertiary alicyclic amines) is 1. The van der Waals surface area contributed by atoms with Gasteiger partial charge in [0, 0.05) is 16.0 Å². The first kappa shape index (κ1) is 26.8. The number of hydrogen-bond donors (Lipinski definition) is 1. The van der Waals surface area contributed by atoms with Gasteiger partial charge in [-0.15, -0.1) is 6.58 Å². The van der Waals surface area contributed by atoms with Gasteiger partial charge >= 0.3 is 0 Å². The number of halogens is 2. The quantitative estimate of drug-likeness (QED) is 0.355. The Labute approximate surface area is 214 Å². The fourth-order valence-electron chi connectivity index (χ4n) is 5.55. The lowest BCUT2D eigenvalue weighted by Gasteiger charge is -2.53. The molecule has 184 valence electrons. The minimum absolute atomic E-state index is 0.00262. The lowest BCUT2D eigenvalue weighted by atomic mass is 9.66. The predicted molar refractivity (Wildman–Crippen MR) is 142 cm³/mol. The zero-order chi connectivity index (χ0) is 25.0. The standard InChI is InChI=1S/C29H37Cl2NO2/c1-6-15-29(5)18-24(21-9-8-10-23(31)17-21)27(20-11-13-22(30)14-12-20)32(28(29)34)25(7-2)26(33)16-19(3)4/h6,8-14,17,19,24-27,33H,1,7,15-16,18H2,2-5H3. The van der Waals surface area contributed by atoms with Crippen molar-refractivity contribution < 1.29 is 9.90 Å². The van der Waals surface area contributed by atoms with Crippen LogP contribution < -0.4 is 0 Å². The lowest BCUT2D eigenvalue weighted by Crippen LogP contribution is -2.58. The SMILES string of the molecule is C=CCC1(C)CC(c2cccc(Cl)c2)C(c2ccc(Cl)cc2)N(C(CC)C(O)CC(C)C)C1=O. The molecule has 5 heteroatoms. The number of piperidine rings is 1. The minimum atomic E-state index is -0.622. The largest absolute Gasteiger partial charge is 0.391 e. The zero-order valence-corrected chi connectivity index (χ0v) is 22.2. The highest BCUT2D eigenvalue weighted by molar-refractivity contribution is 6.30. The first-order valence-corrected chi connectivity index (χ1v) is 13.0. The Bertz CT molecular complexity index is 990. The summed E-state index contributed by atoms with van der Waals surface area (Å²) in [5, 5.41) is 12.6. The van der Waals surface area contributed by atoms with E-state index in [0.29, 0.717) is 41.6 Å². The van der Waals surface area contributed by atoms with Gasteiger partial charge in [0.05, 0.1) is 23.6 Å². The van der Waals surface area contributed by atoms with Crippen LogP contribution >= 0.6 is 23.2 Å². The fraction of sp³-hybridized carbons (Fsp3) is 0.483. The highest BCUT2D eigenvalue weighted by Gasteiger charge is 2.51. The Kier molecular flexibility index (Phi) is 8.89. The number of allylic oxidation sites excluding steroid dienone is 1. The molecule has 1 heterocycles. The summed E-state index contributed by atoms with van der Waals surface area (Å²) in [4.78, 5) is 16.2. The first-order valence-electron chi connectivity index (χ1n) is 12.2. The molecule has 3 nitrogen and oxygen atoms in total. The fourth-order valence-corrected chi connectivity index (χ4v) is 5.87. The smallest absolute Gasteiger partial charge is 0.229 e. The van der Waals surface area contributed by atoms with Crippen LogP contribution in [0.3, 0.4) is 0 Å². The van der Waals surface area contributed by atoms with Crippen LogP contribution in [0.4, 0.5) is 0 Å². The number of benzene rings is 2. The van der Waals surface area contributed by atoms with Crippen molar-refractivity contribution in [2.45, 2.75) is 77.5 Å². The Morgan fingerprint density at radius 1 is 1.15 bits per heavy atom. The number of nitrogens with zero attached hydrogens (tertiary/aromatic N) is 1. The van der Waals surface area contributed by atoms with Gasteiger partial charge in [-0.2, -0.15) is 0 Å². The van der Waals surface area contributed by atoms with Crippen LogP contribution in [0.5, 0.6) is 0 Å². The highest BCUT2D eigenvalue weighted by atomic mass is 35.5. The van der Waals surface area contributed by atoms with Gasteiger partial charge < -0.3 is 10.0 Å². The number of carbonyl (C=O) groups excluding carboxylic acids is 1. The summed E-state index contributed by atoms with van der Waals surface area (Å²) in [6, 6.07) is 15.1. The van der Waals surface area contributed by atoms with E-state index in [2.05, 4.69) is 26.5 Å². The molecule has 2 aromatic carbocycles. The molecule has 1 aliphatic rings. The molecular weight excluding hydrogens is 465 g/mol. The third kappa shape index (κ3) is 5.70. The molecule has 0 aliphatic carbocycles. The summed E-state index contributed by atoms with van der Waals surface area (Å²) < 4.78 is 0. The first-order chi connectivity index (χ1) is 16.1. The molecular formula is C29H37Cl2NO2. The van der Waals surface area contributed by atoms with E-state index in [4.69, 9.17) is 23.2 Å². The molecule has 1 saturated heterocycles. The second-order valence-electron chi connectivity index (χ2n) is 10.3. The number of rotatable bonds is 9. The Balaban J connectivity index is 2.23. The van der Waals surface area contributed by atoms with Crippen LogP contribution in [0.15, 0.2) is 61.2 Å². The molecule has 5 unspecified atom stereocenters. The zero-order valence-electron chi connectivity index (χ0n) is 20.7. The maximum absolute atomic E-state index is 14.2. The van der Waals surface area contributed by atoms with Gasteiger partial charge in [-0.3, -0.25) is 4.79 Å². The van der Waals surface area contributed by atoms with Crippen LogP contribution in [0.2, 0.25) is 10.0 Å². The molecule has 0 saturated carbocycles. The monoisotopic (exact) mass is 501 g/mol. The molecule has 1 amide bonds. The van der Waals surface area contributed by atoms with E-state index in [1.165, 1.54) is 0 Å². The van der Waals surface area contributed by atoms with Gasteiger partial charge in [-0.05, 0) is 67.0 Å². The molecule has 0 bridgehead atoms. The predicted octanol–water partition coefficient (Wildman–Crippen LogP) is 7.82. The number of aliphatic hydroxyl groups excluding tert-OH is 1. The van der Waals surface area contributed by atoms with Crippen LogP contribution in [0, 0.1) is 11.3 Å². The van der Waals surface area contributed by atoms with E-state index in [0.717, 1.165) is 11.1 Å². The molecule has 5 atom stereocenters. The molecule has 3 rings (SSSR count).